The molecule has 0 fully saturated rings. The highest BCUT2D eigenvalue weighted by Gasteiger charge is 2.10. The van der Waals surface area contributed by atoms with Gasteiger partial charge in [-0.2, -0.15) is 0 Å². The number of nitrogens with one attached hydrogen (secondary N) is 1. The molecule has 130 valence electrons. The van der Waals surface area contributed by atoms with Gasteiger partial charge in [-0.15, -0.1) is 0 Å². The maximum absolute atomic E-state index is 12.0. The van der Waals surface area contributed by atoms with Crippen LogP contribution in [0.4, 0.5) is 5.69 Å². The van der Waals surface area contributed by atoms with Crippen LogP contribution in [0, 0.1) is 6.92 Å². The Labute approximate surface area is 156 Å². The molecule has 2 aromatic rings. The van der Waals surface area contributed by atoms with E-state index in [2.05, 4.69) is 21.2 Å². The van der Waals surface area contributed by atoms with Gasteiger partial charge in [0.25, 0.3) is 5.91 Å². The number of para-hydroxylation sites is 1. The Balaban J connectivity index is 1.89. The maximum atomic E-state index is 12.0. The van der Waals surface area contributed by atoms with Gasteiger partial charge in [0.15, 0.2) is 6.61 Å². The van der Waals surface area contributed by atoms with Crippen molar-refractivity contribution in [2.45, 2.75) is 20.3 Å². The zero-order valence-corrected chi connectivity index (χ0v) is 15.8. The highest BCUT2D eigenvalue weighted by Crippen LogP contribution is 2.20. The molecule has 0 unspecified atom stereocenters. The highest BCUT2D eigenvalue weighted by molar-refractivity contribution is 9.10. The van der Waals surface area contributed by atoms with Crippen LogP contribution >= 0.6 is 15.9 Å². The first-order valence-corrected chi connectivity index (χ1v) is 8.77. The van der Waals surface area contributed by atoms with Crippen LogP contribution in [-0.4, -0.2) is 18.5 Å². The largest absolute Gasteiger partial charge is 0.452 e. The molecule has 0 radical (unpaired) electrons. The molecule has 0 aliphatic heterocycles. The molecule has 0 saturated heterocycles. The van der Waals surface area contributed by atoms with Gasteiger partial charge in [0.1, 0.15) is 0 Å². The summed E-state index contributed by atoms with van der Waals surface area (Å²) in [7, 11) is 0. The summed E-state index contributed by atoms with van der Waals surface area (Å²) in [5, 5.41) is 2.82. The van der Waals surface area contributed by atoms with Crippen LogP contribution in [0.5, 0.6) is 0 Å². The normalized spacial score (nSPS) is 10.7. The molecule has 5 heteroatoms. The van der Waals surface area contributed by atoms with Crippen molar-refractivity contribution in [2.24, 2.45) is 0 Å². The number of aryl methyl sites for hydroxylation is 2. The number of carbonyl (C=O) groups is 2. The molecule has 0 saturated carbocycles. The third-order valence-corrected chi connectivity index (χ3v) is 4.10. The average Bonchev–Trinajstić information content (AvgIpc) is 2.60. The van der Waals surface area contributed by atoms with E-state index in [1.54, 1.807) is 6.08 Å². The summed E-state index contributed by atoms with van der Waals surface area (Å²) in [6.45, 7) is 3.64. The van der Waals surface area contributed by atoms with Gasteiger partial charge >= 0.3 is 5.97 Å². The van der Waals surface area contributed by atoms with Crippen molar-refractivity contribution < 1.29 is 14.3 Å². The first-order chi connectivity index (χ1) is 12.0. The molecule has 0 heterocycles. The van der Waals surface area contributed by atoms with Crippen molar-refractivity contribution in [3.63, 3.8) is 0 Å². The molecule has 0 aliphatic rings. The molecule has 0 aromatic heterocycles. The second-order valence-electron chi connectivity index (χ2n) is 5.51. The van der Waals surface area contributed by atoms with Crippen LogP contribution in [0.25, 0.3) is 6.08 Å². The van der Waals surface area contributed by atoms with Crippen LogP contribution in [0.3, 0.4) is 0 Å². The number of rotatable bonds is 6. The Hall–Kier alpha value is -2.40. The van der Waals surface area contributed by atoms with Crippen LogP contribution < -0.4 is 5.32 Å². The van der Waals surface area contributed by atoms with E-state index >= 15 is 0 Å². The summed E-state index contributed by atoms with van der Waals surface area (Å²) in [5.74, 6) is -0.913. The molecule has 0 aliphatic carbocycles. The van der Waals surface area contributed by atoms with Gasteiger partial charge in [0, 0.05) is 16.2 Å². The smallest absolute Gasteiger partial charge is 0.331 e. The SMILES string of the molecule is CCc1cccc(C)c1NC(=O)COC(=O)/C=C/c1cccc(Br)c1. The van der Waals surface area contributed by atoms with E-state index in [1.165, 1.54) is 6.08 Å². The number of hydrogen-bond donors (Lipinski definition) is 1. The number of esters is 1. The summed E-state index contributed by atoms with van der Waals surface area (Å²) in [6, 6.07) is 13.4. The second-order valence-corrected chi connectivity index (χ2v) is 6.42. The van der Waals surface area contributed by atoms with Gasteiger partial charge in [0.05, 0.1) is 0 Å². The standard InChI is InChI=1S/C20H20BrNO3/c1-3-16-8-4-6-14(2)20(16)22-18(23)13-25-19(24)11-10-15-7-5-9-17(21)12-15/h4-12H,3,13H2,1-2H3,(H,22,23)/b11-10+. The molecule has 25 heavy (non-hydrogen) atoms. The third-order valence-electron chi connectivity index (χ3n) is 3.61. The van der Waals surface area contributed by atoms with Gasteiger partial charge in [-0.3, -0.25) is 4.79 Å². The van der Waals surface area contributed by atoms with E-state index in [4.69, 9.17) is 4.74 Å². The summed E-state index contributed by atoms with van der Waals surface area (Å²) in [5.41, 5.74) is 3.68. The van der Waals surface area contributed by atoms with E-state index in [-0.39, 0.29) is 12.5 Å². The van der Waals surface area contributed by atoms with Gasteiger partial charge in [-0.05, 0) is 48.2 Å². The topological polar surface area (TPSA) is 55.4 Å². The second kappa shape index (κ2) is 9.18. The fourth-order valence-corrected chi connectivity index (χ4v) is 2.75. The summed E-state index contributed by atoms with van der Waals surface area (Å²) in [6.07, 6.45) is 3.76. The lowest BCUT2D eigenvalue weighted by atomic mass is 10.1. The van der Waals surface area contributed by atoms with Crippen molar-refractivity contribution in [3.05, 3.63) is 69.7 Å². The lowest BCUT2D eigenvalue weighted by molar-refractivity contribution is -0.142. The molecular formula is C20H20BrNO3. The Bertz CT molecular complexity index is 799. The van der Waals surface area contributed by atoms with Gasteiger partial charge < -0.3 is 10.1 Å². The van der Waals surface area contributed by atoms with E-state index in [0.717, 1.165) is 33.3 Å². The summed E-state index contributed by atoms with van der Waals surface area (Å²) in [4.78, 5) is 23.8. The first kappa shape index (κ1) is 18.9. The van der Waals surface area contributed by atoms with Crippen molar-refractivity contribution in [2.75, 3.05) is 11.9 Å². The number of halogens is 1. The Morgan fingerprint density at radius 3 is 2.68 bits per heavy atom. The number of amides is 1. The molecule has 1 N–H and O–H groups in total. The number of anilines is 1. The minimum atomic E-state index is -0.560. The van der Waals surface area contributed by atoms with Gasteiger partial charge in [-0.25, -0.2) is 4.79 Å². The molecule has 2 aromatic carbocycles. The van der Waals surface area contributed by atoms with E-state index < -0.39 is 5.97 Å². The zero-order chi connectivity index (χ0) is 18.2. The zero-order valence-electron chi connectivity index (χ0n) is 14.2. The van der Waals surface area contributed by atoms with Crippen LogP contribution in [0.1, 0.15) is 23.6 Å². The monoisotopic (exact) mass is 401 g/mol. The van der Waals surface area contributed by atoms with E-state index in [1.807, 2.05) is 56.3 Å². The Morgan fingerprint density at radius 2 is 1.96 bits per heavy atom. The minimum Gasteiger partial charge on any atom is -0.452 e. The van der Waals surface area contributed by atoms with Crippen LogP contribution in [-0.2, 0) is 20.7 Å². The predicted octanol–water partition coefficient (Wildman–Crippen LogP) is 4.52. The number of hydrogen-bond acceptors (Lipinski definition) is 3. The Kier molecular flexibility index (Phi) is 6.95. The molecular weight excluding hydrogens is 382 g/mol. The fraction of sp³-hybridized carbons (Fsp3) is 0.200. The van der Waals surface area contributed by atoms with Gasteiger partial charge in [-0.1, -0.05) is 53.2 Å². The molecule has 1 amide bonds. The molecule has 4 nitrogen and oxygen atoms in total. The maximum Gasteiger partial charge on any atom is 0.331 e. The number of ether oxygens (including phenoxy) is 1. The number of carbonyl (C=O) groups excluding carboxylic acids is 2. The predicted molar refractivity (Wildman–Crippen MR) is 103 cm³/mol. The summed E-state index contributed by atoms with van der Waals surface area (Å²) < 4.78 is 5.92. The first-order valence-electron chi connectivity index (χ1n) is 7.98. The lowest BCUT2D eigenvalue weighted by Gasteiger charge is -2.12. The average molecular weight is 402 g/mol. The van der Waals surface area contributed by atoms with Crippen molar-refractivity contribution >= 4 is 39.6 Å². The molecule has 0 spiro atoms. The van der Waals surface area contributed by atoms with Crippen LogP contribution in [0.2, 0.25) is 0 Å². The van der Waals surface area contributed by atoms with E-state index in [9.17, 15) is 9.59 Å². The summed E-state index contributed by atoms with van der Waals surface area (Å²) >= 11 is 3.36. The van der Waals surface area contributed by atoms with Crippen LogP contribution in [0.15, 0.2) is 53.0 Å². The number of benzene rings is 2. The lowest BCUT2D eigenvalue weighted by Crippen LogP contribution is -2.21. The quantitative estimate of drug-likeness (QED) is 0.571. The third kappa shape index (κ3) is 5.87. The minimum absolute atomic E-state index is 0.320. The molecule has 2 rings (SSSR count). The fourth-order valence-electron chi connectivity index (χ4n) is 2.34. The van der Waals surface area contributed by atoms with Gasteiger partial charge in [0.2, 0.25) is 0 Å². The highest BCUT2D eigenvalue weighted by atomic mass is 79.9. The van der Waals surface area contributed by atoms with Crippen molar-refractivity contribution in [1.29, 1.82) is 0 Å². The van der Waals surface area contributed by atoms with E-state index in [0.29, 0.717) is 0 Å². The molecule has 0 atom stereocenters. The van der Waals surface area contributed by atoms with Crippen molar-refractivity contribution in [1.82, 2.24) is 0 Å². The molecule has 0 bridgehead atoms. The van der Waals surface area contributed by atoms with Crippen molar-refractivity contribution in [3.8, 4) is 0 Å². The Morgan fingerprint density at radius 1 is 1.20 bits per heavy atom.